The van der Waals surface area contributed by atoms with E-state index >= 15 is 0 Å². The number of para-hydroxylation sites is 1. The molecule has 3 aromatic carbocycles. The molecule has 0 N–H and O–H groups in total. The molecule has 0 amide bonds. The van der Waals surface area contributed by atoms with Gasteiger partial charge in [-0.2, -0.15) is 0 Å². The first kappa shape index (κ1) is 27.2. The lowest BCUT2D eigenvalue weighted by molar-refractivity contribution is 0.305. The number of pyridine rings is 2. The number of hydrogen-bond acceptors (Lipinski definition) is 2. The number of unbranched alkanes of at least 4 members (excludes halogenated alkanes) is 6. The van der Waals surface area contributed by atoms with Crippen molar-refractivity contribution in [2.45, 2.75) is 65.2 Å². The van der Waals surface area contributed by atoms with E-state index in [-0.39, 0.29) is 0 Å². The van der Waals surface area contributed by atoms with Crippen molar-refractivity contribution in [3.05, 3.63) is 91.0 Å². The fraction of sp³-hybridized carbons (Fsp3) is 0.316. The van der Waals surface area contributed by atoms with Gasteiger partial charge in [0.2, 0.25) is 0 Å². The van der Waals surface area contributed by atoms with Gasteiger partial charge in [-0.3, -0.25) is 0 Å². The molecule has 0 aliphatic carbocycles. The third-order valence-electron chi connectivity index (χ3n) is 8.22. The molecular formula is C38H41NO2. The van der Waals surface area contributed by atoms with E-state index in [2.05, 4.69) is 109 Å². The number of ether oxygens (including phenoxy) is 2. The van der Waals surface area contributed by atoms with Crippen molar-refractivity contribution in [3.63, 3.8) is 0 Å². The Morgan fingerprint density at radius 3 is 1.41 bits per heavy atom. The zero-order valence-corrected chi connectivity index (χ0v) is 24.5. The van der Waals surface area contributed by atoms with Crippen LogP contribution in [0.2, 0.25) is 0 Å². The maximum atomic E-state index is 6.02. The molecular weight excluding hydrogens is 502 g/mol. The Morgan fingerprint density at radius 1 is 0.512 bits per heavy atom. The zero-order chi connectivity index (χ0) is 28.0. The van der Waals surface area contributed by atoms with Gasteiger partial charge >= 0.3 is 0 Å². The lowest BCUT2D eigenvalue weighted by Crippen LogP contribution is -1.98. The fourth-order valence-electron chi connectivity index (χ4n) is 5.99. The summed E-state index contributed by atoms with van der Waals surface area (Å²) < 4.78 is 14.5. The Labute approximate surface area is 244 Å². The number of nitrogens with zero attached hydrogens (tertiary/aromatic N) is 1. The van der Waals surface area contributed by atoms with Crippen LogP contribution in [0.25, 0.3) is 49.6 Å². The highest BCUT2D eigenvalue weighted by Crippen LogP contribution is 2.39. The number of benzene rings is 3. The smallest absolute Gasteiger partial charge is 0.119 e. The standard InChI is InChI=1S/C38H41NO2/c1-3-5-7-9-24-40-32-18-14-28(15-19-32)34-26-30-12-11-13-31-27-35(37-23-22-36(34)39(37)38(30)31)29-16-20-33(21-17-29)41-25-10-8-6-4-2/h11-23,26-27H,3-10,24-25H2,1-2H3. The monoisotopic (exact) mass is 543 g/mol. The zero-order valence-electron chi connectivity index (χ0n) is 24.5. The molecule has 6 aromatic rings. The van der Waals surface area contributed by atoms with E-state index in [9.17, 15) is 0 Å². The Balaban J connectivity index is 1.31. The summed E-state index contributed by atoms with van der Waals surface area (Å²) >= 11 is 0. The highest BCUT2D eigenvalue weighted by molar-refractivity contribution is 6.07. The summed E-state index contributed by atoms with van der Waals surface area (Å²) in [4.78, 5) is 0. The lowest BCUT2D eigenvalue weighted by atomic mass is 9.99. The van der Waals surface area contributed by atoms with Gasteiger partial charge in [0.05, 0.1) is 29.8 Å². The van der Waals surface area contributed by atoms with Crippen LogP contribution in [0.4, 0.5) is 0 Å². The van der Waals surface area contributed by atoms with Gasteiger partial charge in [0.15, 0.2) is 0 Å². The maximum Gasteiger partial charge on any atom is 0.119 e. The van der Waals surface area contributed by atoms with Gasteiger partial charge in [0, 0.05) is 11.1 Å². The molecule has 3 nitrogen and oxygen atoms in total. The molecule has 0 atom stereocenters. The first-order valence-electron chi connectivity index (χ1n) is 15.5. The van der Waals surface area contributed by atoms with E-state index in [0.717, 1.165) is 37.6 Å². The predicted molar refractivity (Wildman–Crippen MR) is 174 cm³/mol. The van der Waals surface area contributed by atoms with Crippen molar-refractivity contribution in [2.75, 3.05) is 13.2 Å². The Hall–Kier alpha value is -3.98. The molecule has 0 aliphatic heterocycles. The van der Waals surface area contributed by atoms with Crippen LogP contribution in [0.3, 0.4) is 0 Å². The minimum atomic E-state index is 0.783. The SMILES string of the molecule is CCCCCCOc1ccc(-c2cc3cccc4cc(-c5ccc(OCCCCCC)cc5)c5ccc2n5c34)cc1. The molecule has 0 fully saturated rings. The van der Waals surface area contributed by atoms with Crippen molar-refractivity contribution in [1.82, 2.24) is 4.40 Å². The fourth-order valence-corrected chi connectivity index (χ4v) is 5.99. The summed E-state index contributed by atoms with van der Waals surface area (Å²) in [5.41, 5.74) is 8.62. The van der Waals surface area contributed by atoms with E-state index < -0.39 is 0 Å². The average molecular weight is 544 g/mol. The third-order valence-corrected chi connectivity index (χ3v) is 8.22. The van der Waals surface area contributed by atoms with Crippen molar-refractivity contribution < 1.29 is 9.47 Å². The van der Waals surface area contributed by atoms with E-state index in [4.69, 9.17) is 9.47 Å². The number of rotatable bonds is 14. The van der Waals surface area contributed by atoms with Gasteiger partial charge in [-0.1, -0.05) is 94.8 Å². The minimum absolute atomic E-state index is 0.783. The minimum Gasteiger partial charge on any atom is -0.494 e. The van der Waals surface area contributed by atoms with Gasteiger partial charge in [-0.05, 0) is 83.3 Å². The first-order valence-corrected chi connectivity index (χ1v) is 15.5. The molecule has 3 heteroatoms. The van der Waals surface area contributed by atoms with E-state index in [1.807, 2.05) is 0 Å². The topological polar surface area (TPSA) is 22.9 Å². The number of aromatic nitrogens is 1. The molecule has 0 radical (unpaired) electrons. The van der Waals surface area contributed by atoms with Gasteiger partial charge < -0.3 is 13.9 Å². The van der Waals surface area contributed by atoms with Crippen LogP contribution in [0.15, 0.2) is 91.0 Å². The highest BCUT2D eigenvalue weighted by atomic mass is 16.5. The van der Waals surface area contributed by atoms with Gasteiger partial charge in [-0.25, -0.2) is 0 Å². The van der Waals surface area contributed by atoms with Gasteiger partial charge in [-0.15, -0.1) is 0 Å². The quantitative estimate of drug-likeness (QED) is 0.128. The van der Waals surface area contributed by atoms with Gasteiger partial charge in [0.25, 0.3) is 0 Å². The second kappa shape index (κ2) is 12.7. The molecule has 210 valence electrons. The summed E-state index contributed by atoms with van der Waals surface area (Å²) in [5.74, 6) is 1.89. The van der Waals surface area contributed by atoms with Crippen LogP contribution >= 0.6 is 0 Å². The van der Waals surface area contributed by atoms with E-state index in [0.29, 0.717) is 0 Å². The summed E-state index contributed by atoms with van der Waals surface area (Å²) in [5, 5.41) is 2.50. The Morgan fingerprint density at radius 2 is 0.976 bits per heavy atom. The van der Waals surface area contributed by atoms with Crippen LogP contribution < -0.4 is 9.47 Å². The summed E-state index contributed by atoms with van der Waals surface area (Å²) in [7, 11) is 0. The normalized spacial score (nSPS) is 11.7. The molecule has 0 bridgehead atoms. The molecule has 0 saturated heterocycles. The third kappa shape index (κ3) is 5.77. The lowest BCUT2D eigenvalue weighted by Gasteiger charge is -2.16. The van der Waals surface area contributed by atoms with Crippen LogP contribution in [-0.2, 0) is 0 Å². The molecule has 3 aromatic heterocycles. The predicted octanol–water partition coefficient (Wildman–Crippen LogP) is 10.9. The molecule has 0 unspecified atom stereocenters. The van der Waals surface area contributed by atoms with E-state index in [1.165, 1.54) is 88.1 Å². The largest absolute Gasteiger partial charge is 0.494 e. The summed E-state index contributed by atoms with van der Waals surface area (Å²) in [6, 6.07) is 33.1. The molecule has 41 heavy (non-hydrogen) atoms. The summed E-state index contributed by atoms with van der Waals surface area (Å²) in [6.45, 7) is 6.04. The second-order valence-electron chi connectivity index (χ2n) is 11.2. The van der Waals surface area contributed by atoms with Gasteiger partial charge in [0.1, 0.15) is 11.5 Å². The van der Waals surface area contributed by atoms with Crippen molar-refractivity contribution >= 4 is 27.3 Å². The maximum absolute atomic E-state index is 6.02. The average Bonchev–Trinajstić information content (AvgIpc) is 3.46. The molecule has 0 saturated carbocycles. The first-order chi connectivity index (χ1) is 20.3. The van der Waals surface area contributed by atoms with Crippen molar-refractivity contribution in [3.8, 4) is 33.8 Å². The molecule has 3 heterocycles. The van der Waals surface area contributed by atoms with Crippen molar-refractivity contribution in [2.24, 2.45) is 0 Å². The van der Waals surface area contributed by atoms with Crippen LogP contribution in [0, 0.1) is 0 Å². The highest BCUT2D eigenvalue weighted by Gasteiger charge is 2.17. The second-order valence-corrected chi connectivity index (χ2v) is 11.2. The summed E-state index contributed by atoms with van der Waals surface area (Å²) in [6.07, 6.45) is 9.73. The van der Waals surface area contributed by atoms with Crippen molar-refractivity contribution in [1.29, 1.82) is 0 Å². The number of hydrogen-bond donors (Lipinski definition) is 0. The van der Waals surface area contributed by atoms with E-state index in [1.54, 1.807) is 0 Å². The Kier molecular flexibility index (Phi) is 8.41. The van der Waals surface area contributed by atoms with Crippen LogP contribution in [-0.4, -0.2) is 17.6 Å². The molecule has 0 aliphatic rings. The molecule has 6 rings (SSSR count). The Bertz CT molecular complexity index is 1570. The van der Waals surface area contributed by atoms with Crippen LogP contribution in [0.5, 0.6) is 11.5 Å². The van der Waals surface area contributed by atoms with Crippen LogP contribution in [0.1, 0.15) is 65.2 Å². The molecule has 0 spiro atoms.